The molecule has 16 heavy (non-hydrogen) atoms. The van der Waals surface area contributed by atoms with Crippen LogP contribution in [-0.2, 0) is 4.74 Å². The van der Waals surface area contributed by atoms with E-state index in [1.54, 1.807) is 20.8 Å². The zero-order chi connectivity index (χ0) is 12.3. The van der Waals surface area contributed by atoms with Gasteiger partial charge in [0.25, 0.3) is 0 Å². The predicted octanol–water partition coefficient (Wildman–Crippen LogP) is 1.13. The number of nitrogens with zero attached hydrogens (tertiary/aromatic N) is 2. The summed E-state index contributed by atoms with van der Waals surface area (Å²) >= 11 is 0. The van der Waals surface area contributed by atoms with Crippen LogP contribution in [0.5, 0.6) is 0 Å². The Morgan fingerprint density at radius 1 is 1.56 bits per heavy atom. The summed E-state index contributed by atoms with van der Waals surface area (Å²) in [4.78, 5) is 13.1. The standard InChI is InChI=1S/C11H18N2O3/c1-11(2,3)16-10(15)13-5-4-8(6-12)9(14)7-13/h8-9,14H,4-5,7H2,1-3H3/t8-,9-/m1/s1. The Morgan fingerprint density at radius 2 is 2.19 bits per heavy atom. The highest BCUT2D eigenvalue weighted by atomic mass is 16.6. The number of hydrogen-bond donors (Lipinski definition) is 1. The van der Waals surface area contributed by atoms with Crippen LogP contribution in [-0.4, -0.2) is 40.9 Å². The van der Waals surface area contributed by atoms with Crippen molar-refractivity contribution >= 4 is 6.09 Å². The molecule has 1 rings (SSSR count). The van der Waals surface area contributed by atoms with Crippen LogP contribution in [0.25, 0.3) is 0 Å². The highest BCUT2D eigenvalue weighted by Gasteiger charge is 2.32. The van der Waals surface area contributed by atoms with Crippen LogP contribution >= 0.6 is 0 Å². The molecule has 5 heteroatoms. The van der Waals surface area contributed by atoms with Gasteiger partial charge in [-0.1, -0.05) is 0 Å². The molecule has 0 unspecified atom stereocenters. The van der Waals surface area contributed by atoms with Gasteiger partial charge < -0.3 is 14.7 Å². The molecule has 1 saturated heterocycles. The molecular weight excluding hydrogens is 208 g/mol. The average Bonchev–Trinajstić information content (AvgIpc) is 2.15. The Balaban J connectivity index is 2.52. The Hall–Kier alpha value is -1.28. The summed E-state index contributed by atoms with van der Waals surface area (Å²) in [6.45, 7) is 6.02. The van der Waals surface area contributed by atoms with Crippen molar-refractivity contribution in [1.29, 1.82) is 5.26 Å². The molecule has 5 nitrogen and oxygen atoms in total. The van der Waals surface area contributed by atoms with Crippen LogP contribution in [0.1, 0.15) is 27.2 Å². The first kappa shape index (κ1) is 12.8. The van der Waals surface area contributed by atoms with Crippen molar-refractivity contribution in [3.05, 3.63) is 0 Å². The lowest BCUT2D eigenvalue weighted by Crippen LogP contribution is -2.47. The Bertz CT molecular complexity index is 303. The van der Waals surface area contributed by atoms with Crippen LogP contribution in [0.3, 0.4) is 0 Å². The van der Waals surface area contributed by atoms with Gasteiger partial charge in [0.15, 0.2) is 0 Å². The predicted molar refractivity (Wildman–Crippen MR) is 57.5 cm³/mol. The molecule has 0 bridgehead atoms. The molecule has 0 spiro atoms. The second-order valence-electron chi connectivity index (χ2n) is 5.02. The molecule has 1 N–H and O–H groups in total. The van der Waals surface area contributed by atoms with Gasteiger partial charge in [0.1, 0.15) is 5.60 Å². The van der Waals surface area contributed by atoms with Gasteiger partial charge in [-0.2, -0.15) is 5.26 Å². The highest BCUT2D eigenvalue weighted by Crippen LogP contribution is 2.19. The van der Waals surface area contributed by atoms with Crippen molar-refractivity contribution in [3.63, 3.8) is 0 Å². The van der Waals surface area contributed by atoms with Gasteiger partial charge in [0, 0.05) is 6.54 Å². The van der Waals surface area contributed by atoms with E-state index in [0.717, 1.165) is 0 Å². The van der Waals surface area contributed by atoms with E-state index >= 15 is 0 Å². The first-order valence-corrected chi connectivity index (χ1v) is 5.39. The molecular formula is C11H18N2O3. The number of aliphatic hydroxyl groups is 1. The van der Waals surface area contributed by atoms with E-state index in [0.29, 0.717) is 13.0 Å². The molecule has 0 saturated carbocycles. The first-order chi connectivity index (χ1) is 7.33. The number of hydrogen-bond acceptors (Lipinski definition) is 4. The monoisotopic (exact) mass is 226 g/mol. The van der Waals surface area contributed by atoms with E-state index < -0.39 is 17.8 Å². The normalized spacial score (nSPS) is 26.1. The topological polar surface area (TPSA) is 73.6 Å². The van der Waals surface area contributed by atoms with Crippen LogP contribution in [0.15, 0.2) is 0 Å². The lowest BCUT2D eigenvalue weighted by atomic mass is 9.96. The van der Waals surface area contributed by atoms with Crippen molar-refractivity contribution in [3.8, 4) is 6.07 Å². The number of amides is 1. The summed E-state index contributed by atoms with van der Waals surface area (Å²) in [6.07, 6.45) is -0.703. The zero-order valence-corrected chi connectivity index (χ0v) is 9.93. The van der Waals surface area contributed by atoms with E-state index in [1.807, 2.05) is 6.07 Å². The van der Waals surface area contributed by atoms with Crippen LogP contribution < -0.4 is 0 Å². The van der Waals surface area contributed by atoms with E-state index in [-0.39, 0.29) is 12.5 Å². The number of β-amino-alcohol motifs (C(OH)–C–C–N with tert-alkyl or cyclic N) is 1. The summed E-state index contributed by atoms with van der Waals surface area (Å²) in [5.74, 6) is -0.376. The highest BCUT2D eigenvalue weighted by molar-refractivity contribution is 5.68. The molecule has 1 amide bonds. The minimum Gasteiger partial charge on any atom is -0.444 e. The number of carbonyl (C=O) groups excluding carboxylic acids is 1. The van der Waals surface area contributed by atoms with Gasteiger partial charge in [-0.3, -0.25) is 0 Å². The summed E-state index contributed by atoms with van der Waals surface area (Å²) < 4.78 is 5.19. The average molecular weight is 226 g/mol. The molecule has 0 aliphatic carbocycles. The van der Waals surface area contributed by atoms with Crippen molar-refractivity contribution in [2.75, 3.05) is 13.1 Å². The summed E-state index contributed by atoms with van der Waals surface area (Å²) in [5, 5.41) is 18.3. The van der Waals surface area contributed by atoms with E-state index in [4.69, 9.17) is 10.00 Å². The van der Waals surface area contributed by atoms with Gasteiger partial charge in [-0.25, -0.2) is 4.79 Å². The second kappa shape index (κ2) is 4.71. The quantitative estimate of drug-likeness (QED) is 0.672. The largest absolute Gasteiger partial charge is 0.444 e. The van der Waals surface area contributed by atoms with Crippen molar-refractivity contribution in [2.45, 2.75) is 38.9 Å². The third-order valence-electron chi connectivity index (χ3n) is 2.40. The smallest absolute Gasteiger partial charge is 0.410 e. The summed E-state index contributed by atoms with van der Waals surface area (Å²) in [7, 11) is 0. The Labute approximate surface area is 95.6 Å². The maximum Gasteiger partial charge on any atom is 0.410 e. The fraction of sp³-hybridized carbons (Fsp3) is 0.818. The van der Waals surface area contributed by atoms with Gasteiger partial charge >= 0.3 is 6.09 Å². The fourth-order valence-electron chi connectivity index (χ4n) is 1.57. The van der Waals surface area contributed by atoms with Crippen molar-refractivity contribution in [1.82, 2.24) is 4.90 Å². The minimum absolute atomic E-state index is 0.174. The van der Waals surface area contributed by atoms with E-state index in [9.17, 15) is 9.90 Å². The Morgan fingerprint density at radius 3 is 2.62 bits per heavy atom. The van der Waals surface area contributed by atoms with Gasteiger partial charge in [-0.05, 0) is 27.2 Å². The van der Waals surface area contributed by atoms with Crippen molar-refractivity contribution < 1.29 is 14.6 Å². The van der Waals surface area contributed by atoms with Gasteiger partial charge in [-0.15, -0.1) is 0 Å². The Kier molecular flexibility index (Phi) is 3.76. The lowest BCUT2D eigenvalue weighted by molar-refractivity contribution is -0.00446. The second-order valence-corrected chi connectivity index (χ2v) is 5.02. The number of aliphatic hydroxyl groups excluding tert-OH is 1. The van der Waals surface area contributed by atoms with Gasteiger partial charge in [0.2, 0.25) is 0 Å². The third-order valence-corrected chi connectivity index (χ3v) is 2.40. The molecule has 1 heterocycles. The molecule has 2 atom stereocenters. The van der Waals surface area contributed by atoms with E-state index in [1.165, 1.54) is 4.90 Å². The number of ether oxygens (including phenoxy) is 1. The molecule has 1 aliphatic rings. The van der Waals surface area contributed by atoms with Gasteiger partial charge in [0.05, 0.1) is 24.6 Å². The number of rotatable bonds is 0. The fourth-order valence-corrected chi connectivity index (χ4v) is 1.57. The minimum atomic E-state index is -0.772. The van der Waals surface area contributed by atoms with Crippen LogP contribution in [0, 0.1) is 17.2 Å². The molecule has 90 valence electrons. The summed E-state index contributed by atoms with van der Waals surface area (Å²) in [6, 6.07) is 2.03. The number of carbonyl (C=O) groups is 1. The number of piperidine rings is 1. The van der Waals surface area contributed by atoms with Crippen molar-refractivity contribution in [2.24, 2.45) is 5.92 Å². The maximum absolute atomic E-state index is 11.7. The number of nitriles is 1. The molecule has 1 aliphatic heterocycles. The molecule has 1 fully saturated rings. The van der Waals surface area contributed by atoms with E-state index in [2.05, 4.69) is 0 Å². The number of likely N-dealkylation sites (tertiary alicyclic amines) is 1. The molecule has 0 aromatic rings. The summed E-state index contributed by atoms with van der Waals surface area (Å²) in [5.41, 5.74) is -0.534. The zero-order valence-electron chi connectivity index (χ0n) is 9.93. The third kappa shape index (κ3) is 3.38. The SMILES string of the molecule is CC(C)(C)OC(=O)N1CC[C@H](C#N)[C@H](O)C1. The van der Waals surface area contributed by atoms with Crippen LogP contribution in [0.4, 0.5) is 4.79 Å². The molecule has 0 aromatic carbocycles. The molecule has 0 aromatic heterocycles. The molecule has 0 radical (unpaired) electrons. The lowest BCUT2D eigenvalue weighted by Gasteiger charge is -2.34. The van der Waals surface area contributed by atoms with Crippen LogP contribution in [0.2, 0.25) is 0 Å². The first-order valence-electron chi connectivity index (χ1n) is 5.39. The maximum atomic E-state index is 11.7.